The molecular formula is C19H20N4O3S. The summed E-state index contributed by atoms with van der Waals surface area (Å²) in [6, 6.07) is 11.7. The van der Waals surface area contributed by atoms with Crippen molar-refractivity contribution in [1.82, 2.24) is 15.0 Å². The van der Waals surface area contributed by atoms with Crippen molar-refractivity contribution < 1.29 is 14.1 Å². The Morgan fingerprint density at radius 3 is 2.67 bits per heavy atom. The first kappa shape index (κ1) is 17.7. The van der Waals surface area contributed by atoms with E-state index in [2.05, 4.69) is 10.5 Å². The van der Waals surface area contributed by atoms with E-state index < -0.39 is 0 Å². The molecule has 1 aliphatic rings. The summed E-state index contributed by atoms with van der Waals surface area (Å²) in [4.78, 5) is 29.5. The molecular weight excluding hydrogens is 364 g/mol. The zero-order valence-electron chi connectivity index (χ0n) is 15.0. The van der Waals surface area contributed by atoms with Crippen molar-refractivity contribution in [3.8, 4) is 0 Å². The van der Waals surface area contributed by atoms with E-state index in [1.54, 1.807) is 13.0 Å². The standard InChI is InChI=1S/C19H20N4O3S/c1-13-10-17(21-26-13)20-18(24)12-22-6-8-23(9-7-22)19(25)16-11-14-4-2-3-5-15(14)27-16/h2-5,10-11H,6-9,12H2,1H3,(H,20,21,24). The van der Waals surface area contributed by atoms with Gasteiger partial charge in [0.2, 0.25) is 5.91 Å². The van der Waals surface area contributed by atoms with Crippen molar-refractivity contribution in [2.75, 3.05) is 38.0 Å². The van der Waals surface area contributed by atoms with Gasteiger partial charge in [0.15, 0.2) is 5.82 Å². The van der Waals surface area contributed by atoms with Crippen molar-refractivity contribution in [2.24, 2.45) is 0 Å². The Morgan fingerprint density at radius 1 is 1.19 bits per heavy atom. The van der Waals surface area contributed by atoms with Crippen molar-refractivity contribution in [3.05, 3.63) is 47.0 Å². The topological polar surface area (TPSA) is 78.7 Å². The maximum atomic E-state index is 12.8. The second kappa shape index (κ2) is 7.50. The third kappa shape index (κ3) is 4.01. The number of amides is 2. The number of thiophene rings is 1. The molecule has 0 saturated carbocycles. The van der Waals surface area contributed by atoms with Gasteiger partial charge in [-0.2, -0.15) is 0 Å². The van der Waals surface area contributed by atoms with E-state index >= 15 is 0 Å². The molecule has 140 valence electrons. The highest BCUT2D eigenvalue weighted by Gasteiger charge is 2.24. The Morgan fingerprint density at radius 2 is 1.96 bits per heavy atom. The van der Waals surface area contributed by atoms with Gasteiger partial charge in [0, 0.05) is 36.9 Å². The van der Waals surface area contributed by atoms with Crippen molar-refractivity contribution >= 4 is 39.1 Å². The molecule has 0 aliphatic carbocycles. The van der Waals surface area contributed by atoms with Crippen LogP contribution in [-0.4, -0.2) is 59.5 Å². The number of carbonyl (C=O) groups excluding carboxylic acids is 2. The summed E-state index contributed by atoms with van der Waals surface area (Å²) in [6.07, 6.45) is 0. The molecule has 7 nitrogen and oxygen atoms in total. The second-order valence-corrected chi connectivity index (χ2v) is 7.67. The first-order valence-corrected chi connectivity index (χ1v) is 9.63. The van der Waals surface area contributed by atoms with Crippen molar-refractivity contribution in [1.29, 1.82) is 0 Å². The molecule has 3 heterocycles. The third-order valence-corrected chi connectivity index (χ3v) is 5.66. The molecule has 27 heavy (non-hydrogen) atoms. The van der Waals surface area contributed by atoms with Crippen LogP contribution in [0.4, 0.5) is 5.82 Å². The van der Waals surface area contributed by atoms with Gasteiger partial charge in [-0.05, 0) is 24.4 Å². The van der Waals surface area contributed by atoms with Crippen molar-refractivity contribution in [2.45, 2.75) is 6.92 Å². The number of piperazine rings is 1. The molecule has 1 saturated heterocycles. The number of anilines is 1. The minimum atomic E-state index is -0.132. The minimum absolute atomic E-state index is 0.0679. The first-order chi connectivity index (χ1) is 13.1. The van der Waals surface area contributed by atoms with Crippen LogP contribution in [0.3, 0.4) is 0 Å². The summed E-state index contributed by atoms with van der Waals surface area (Å²) in [5.74, 6) is 1.01. The Kier molecular flexibility index (Phi) is 4.91. The highest BCUT2D eigenvalue weighted by atomic mass is 32.1. The lowest BCUT2D eigenvalue weighted by Crippen LogP contribution is -2.50. The summed E-state index contributed by atoms with van der Waals surface area (Å²) < 4.78 is 6.06. The predicted molar refractivity (Wildman–Crippen MR) is 104 cm³/mol. The van der Waals surface area contributed by atoms with Crippen LogP contribution in [-0.2, 0) is 4.79 Å². The van der Waals surface area contributed by atoms with Crippen LogP contribution < -0.4 is 5.32 Å². The fourth-order valence-electron chi connectivity index (χ4n) is 3.16. The van der Waals surface area contributed by atoms with Crippen molar-refractivity contribution in [3.63, 3.8) is 0 Å². The van der Waals surface area contributed by atoms with Gasteiger partial charge in [-0.1, -0.05) is 23.4 Å². The van der Waals surface area contributed by atoms with E-state index in [9.17, 15) is 9.59 Å². The lowest BCUT2D eigenvalue weighted by molar-refractivity contribution is -0.117. The highest BCUT2D eigenvalue weighted by Crippen LogP contribution is 2.26. The van der Waals surface area contributed by atoms with Gasteiger partial charge in [-0.15, -0.1) is 11.3 Å². The van der Waals surface area contributed by atoms with E-state index in [0.29, 0.717) is 37.8 Å². The molecule has 0 unspecified atom stereocenters. The quantitative estimate of drug-likeness (QED) is 0.748. The van der Waals surface area contributed by atoms with Crippen LogP contribution in [0.5, 0.6) is 0 Å². The fraction of sp³-hybridized carbons (Fsp3) is 0.316. The number of nitrogens with one attached hydrogen (secondary N) is 1. The van der Waals surface area contributed by atoms with Gasteiger partial charge < -0.3 is 14.7 Å². The number of carbonyl (C=O) groups is 2. The van der Waals surface area contributed by atoms with Crippen LogP contribution >= 0.6 is 11.3 Å². The Bertz CT molecular complexity index is 939. The van der Waals surface area contributed by atoms with Gasteiger partial charge in [0.1, 0.15) is 5.76 Å². The molecule has 8 heteroatoms. The van der Waals surface area contributed by atoms with E-state index in [1.165, 1.54) is 11.3 Å². The van der Waals surface area contributed by atoms with E-state index in [1.807, 2.05) is 40.1 Å². The molecule has 1 aromatic carbocycles. The largest absolute Gasteiger partial charge is 0.360 e. The number of aryl methyl sites for hydroxylation is 1. The number of rotatable bonds is 4. The minimum Gasteiger partial charge on any atom is -0.360 e. The molecule has 1 N–H and O–H groups in total. The second-order valence-electron chi connectivity index (χ2n) is 6.59. The van der Waals surface area contributed by atoms with Gasteiger partial charge in [0.25, 0.3) is 5.91 Å². The first-order valence-electron chi connectivity index (χ1n) is 8.82. The lowest BCUT2D eigenvalue weighted by Gasteiger charge is -2.34. The zero-order valence-corrected chi connectivity index (χ0v) is 15.8. The third-order valence-electron chi connectivity index (χ3n) is 4.56. The number of nitrogens with zero attached hydrogens (tertiary/aromatic N) is 3. The molecule has 0 spiro atoms. The molecule has 3 aromatic rings. The SMILES string of the molecule is Cc1cc(NC(=O)CN2CCN(C(=O)c3cc4ccccc4s3)CC2)no1. The smallest absolute Gasteiger partial charge is 0.264 e. The number of fused-ring (bicyclic) bond motifs is 1. The molecule has 2 amide bonds. The van der Waals surface area contributed by atoms with Crippen LogP contribution in [0.1, 0.15) is 15.4 Å². The summed E-state index contributed by atoms with van der Waals surface area (Å²) >= 11 is 1.53. The number of aromatic nitrogens is 1. The molecule has 2 aromatic heterocycles. The Hall–Kier alpha value is -2.71. The highest BCUT2D eigenvalue weighted by molar-refractivity contribution is 7.20. The van der Waals surface area contributed by atoms with Gasteiger partial charge >= 0.3 is 0 Å². The monoisotopic (exact) mass is 384 g/mol. The van der Waals surface area contributed by atoms with E-state index in [0.717, 1.165) is 15.0 Å². The van der Waals surface area contributed by atoms with Crippen LogP contribution in [0, 0.1) is 6.92 Å². The van der Waals surface area contributed by atoms with E-state index in [4.69, 9.17) is 4.52 Å². The molecule has 0 atom stereocenters. The predicted octanol–water partition coefficient (Wildman–Crippen LogP) is 2.59. The summed E-state index contributed by atoms with van der Waals surface area (Å²) in [7, 11) is 0. The Labute approximate surface area is 160 Å². The number of hydrogen-bond donors (Lipinski definition) is 1. The fourth-order valence-corrected chi connectivity index (χ4v) is 4.19. The summed E-state index contributed by atoms with van der Waals surface area (Å²) in [5, 5.41) is 7.58. The van der Waals surface area contributed by atoms with E-state index in [-0.39, 0.29) is 18.4 Å². The summed E-state index contributed by atoms with van der Waals surface area (Å²) in [5.41, 5.74) is 0. The summed E-state index contributed by atoms with van der Waals surface area (Å²) in [6.45, 7) is 4.61. The average molecular weight is 384 g/mol. The van der Waals surface area contributed by atoms with Gasteiger partial charge in [-0.3, -0.25) is 14.5 Å². The van der Waals surface area contributed by atoms with Gasteiger partial charge in [0.05, 0.1) is 11.4 Å². The van der Waals surface area contributed by atoms with Crippen LogP contribution in [0.25, 0.3) is 10.1 Å². The average Bonchev–Trinajstić information content (AvgIpc) is 3.27. The molecule has 4 rings (SSSR count). The maximum Gasteiger partial charge on any atom is 0.264 e. The zero-order chi connectivity index (χ0) is 18.8. The van der Waals surface area contributed by atoms with Crippen LogP contribution in [0.15, 0.2) is 40.9 Å². The Balaban J connectivity index is 1.30. The van der Waals surface area contributed by atoms with Crippen LogP contribution in [0.2, 0.25) is 0 Å². The molecule has 1 fully saturated rings. The number of benzene rings is 1. The maximum absolute atomic E-state index is 12.8. The lowest BCUT2D eigenvalue weighted by atomic mass is 10.2. The molecule has 0 bridgehead atoms. The normalized spacial score (nSPS) is 15.2. The molecule has 0 radical (unpaired) electrons. The van der Waals surface area contributed by atoms with Gasteiger partial charge in [-0.25, -0.2) is 0 Å². The molecule has 1 aliphatic heterocycles. The number of hydrogen-bond acceptors (Lipinski definition) is 6.